The maximum absolute atomic E-state index is 13.7. The fraction of sp³-hybridized carbons (Fsp3) is 0.562. The number of urea groups is 1. The molecule has 0 spiro atoms. The Balaban J connectivity index is 1.91. The minimum Gasteiger partial charge on any atom is -0.494 e. The number of amides is 2. The largest absolute Gasteiger partial charge is 0.494 e. The zero-order valence-electron chi connectivity index (χ0n) is 12.9. The van der Waals surface area contributed by atoms with Crippen molar-refractivity contribution in [3.05, 3.63) is 29.6 Å². The highest BCUT2D eigenvalue weighted by atomic mass is 19.1. The molecule has 5 nitrogen and oxygen atoms in total. The van der Waals surface area contributed by atoms with E-state index in [0.717, 1.165) is 19.3 Å². The van der Waals surface area contributed by atoms with Crippen LogP contribution in [-0.4, -0.2) is 30.4 Å². The molecule has 2 amide bonds. The number of rotatable bonds is 4. The second-order valence-electron chi connectivity index (χ2n) is 5.69. The van der Waals surface area contributed by atoms with E-state index in [1.807, 2.05) is 0 Å². The minimum absolute atomic E-state index is 0.172. The zero-order chi connectivity index (χ0) is 16.1. The third-order valence-corrected chi connectivity index (χ3v) is 4.07. The van der Waals surface area contributed by atoms with Crippen LogP contribution in [0.3, 0.4) is 0 Å². The number of benzene rings is 1. The molecule has 3 N–H and O–H groups in total. The molecule has 0 bridgehead atoms. The molecular formula is C16H23FN2O3. The van der Waals surface area contributed by atoms with Crippen LogP contribution < -0.4 is 15.4 Å². The van der Waals surface area contributed by atoms with Crippen LogP contribution in [0.15, 0.2) is 18.2 Å². The van der Waals surface area contributed by atoms with Crippen LogP contribution in [-0.2, 0) is 0 Å². The molecular weight excluding hydrogens is 287 g/mol. The molecule has 1 saturated carbocycles. The van der Waals surface area contributed by atoms with Crippen molar-refractivity contribution < 1.29 is 19.0 Å². The van der Waals surface area contributed by atoms with E-state index in [2.05, 4.69) is 10.6 Å². The van der Waals surface area contributed by atoms with Crippen LogP contribution >= 0.6 is 0 Å². The van der Waals surface area contributed by atoms with Gasteiger partial charge in [-0.2, -0.15) is 0 Å². The lowest BCUT2D eigenvalue weighted by Gasteiger charge is -2.29. The molecule has 2 rings (SSSR count). The van der Waals surface area contributed by atoms with Crippen molar-refractivity contribution >= 4 is 6.03 Å². The molecule has 0 radical (unpaired) electrons. The Labute approximate surface area is 129 Å². The van der Waals surface area contributed by atoms with Gasteiger partial charge in [0.25, 0.3) is 0 Å². The topological polar surface area (TPSA) is 70.6 Å². The van der Waals surface area contributed by atoms with Gasteiger partial charge < -0.3 is 20.5 Å². The van der Waals surface area contributed by atoms with Gasteiger partial charge in [-0.3, -0.25) is 0 Å². The molecule has 3 unspecified atom stereocenters. The molecule has 0 heterocycles. The lowest BCUT2D eigenvalue weighted by Crippen LogP contribution is -2.49. The van der Waals surface area contributed by atoms with Crippen LogP contribution in [0.1, 0.15) is 44.2 Å². The van der Waals surface area contributed by atoms with E-state index < -0.39 is 11.9 Å². The number of carbonyl (C=O) groups is 1. The summed E-state index contributed by atoms with van der Waals surface area (Å²) in [7, 11) is 1.41. The summed E-state index contributed by atoms with van der Waals surface area (Å²) in [6.45, 7) is 1.78. The number of aliphatic hydroxyl groups is 1. The Morgan fingerprint density at radius 1 is 1.41 bits per heavy atom. The minimum atomic E-state index is -0.492. The van der Waals surface area contributed by atoms with Gasteiger partial charge in [-0.25, -0.2) is 9.18 Å². The van der Waals surface area contributed by atoms with Crippen LogP contribution in [0.4, 0.5) is 9.18 Å². The van der Waals surface area contributed by atoms with Gasteiger partial charge in [-0.1, -0.05) is 18.9 Å². The predicted octanol–water partition coefficient (Wildman–Crippen LogP) is 2.50. The Bertz CT molecular complexity index is 524. The predicted molar refractivity (Wildman–Crippen MR) is 81.3 cm³/mol. The third kappa shape index (κ3) is 4.10. The fourth-order valence-corrected chi connectivity index (χ4v) is 2.72. The van der Waals surface area contributed by atoms with Gasteiger partial charge in [-0.15, -0.1) is 0 Å². The molecule has 1 aliphatic rings. The van der Waals surface area contributed by atoms with E-state index in [0.29, 0.717) is 12.0 Å². The number of nitrogens with one attached hydrogen (secondary N) is 2. The van der Waals surface area contributed by atoms with Gasteiger partial charge in [0, 0.05) is 0 Å². The standard InChI is InChI=1S/C16H23FN2O3/c1-10(11-7-8-15(22-2)12(17)9-11)18-16(21)19-13-5-3-4-6-14(13)20/h7-10,13-14,20H,3-6H2,1-2H3,(H2,18,19,21). The summed E-state index contributed by atoms with van der Waals surface area (Å²) in [5, 5.41) is 15.4. The average molecular weight is 310 g/mol. The summed E-state index contributed by atoms with van der Waals surface area (Å²) in [5.41, 5.74) is 0.651. The first-order valence-corrected chi connectivity index (χ1v) is 7.59. The second-order valence-corrected chi connectivity index (χ2v) is 5.69. The van der Waals surface area contributed by atoms with E-state index in [1.54, 1.807) is 13.0 Å². The summed E-state index contributed by atoms with van der Waals surface area (Å²) in [6, 6.07) is 3.68. The van der Waals surface area contributed by atoms with Crippen molar-refractivity contribution in [2.24, 2.45) is 0 Å². The van der Waals surface area contributed by atoms with Crippen molar-refractivity contribution in [1.82, 2.24) is 10.6 Å². The Morgan fingerprint density at radius 2 is 2.14 bits per heavy atom. The molecule has 122 valence electrons. The first kappa shape index (κ1) is 16.5. The number of methoxy groups -OCH3 is 1. The van der Waals surface area contributed by atoms with E-state index in [4.69, 9.17) is 4.74 Å². The van der Waals surface area contributed by atoms with Crippen molar-refractivity contribution in [3.8, 4) is 5.75 Å². The Morgan fingerprint density at radius 3 is 2.77 bits per heavy atom. The molecule has 3 atom stereocenters. The van der Waals surface area contributed by atoms with Gasteiger partial charge >= 0.3 is 6.03 Å². The molecule has 22 heavy (non-hydrogen) atoms. The highest BCUT2D eigenvalue weighted by molar-refractivity contribution is 5.74. The molecule has 0 saturated heterocycles. The van der Waals surface area contributed by atoms with Gasteiger partial charge in [0.15, 0.2) is 11.6 Å². The summed E-state index contributed by atoms with van der Waals surface area (Å²) in [4.78, 5) is 12.0. The molecule has 0 aromatic heterocycles. The number of carbonyl (C=O) groups excluding carboxylic acids is 1. The van der Waals surface area contributed by atoms with Gasteiger partial charge in [0.2, 0.25) is 0 Å². The van der Waals surface area contributed by atoms with Crippen LogP contribution in [0.2, 0.25) is 0 Å². The Kier molecular flexibility index (Phi) is 5.60. The first-order valence-electron chi connectivity index (χ1n) is 7.59. The molecule has 6 heteroatoms. The highest BCUT2D eigenvalue weighted by Crippen LogP contribution is 2.22. The maximum atomic E-state index is 13.7. The van der Waals surface area contributed by atoms with Gasteiger partial charge in [-0.05, 0) is 37.5 Å². The summed E-state index contributed by atoms with van der Waals surface area (Å²) < 4.78 is 18.6. The molecule has 1 fully saturated rings. The van der Waals surface area contributed by atoms with E-state index in [-0.39, 0.29) is 23.9 Å². The number of aliphatic hydroxyl groups excluding tert-OH is 1. The van der Waals surface area contributed by atoms with Crippen molar-refractivity contribution in [1.29, 1.82) is 0 Å². The average Bonchev–Trinajstić information content (AvgIpc) is 2.49. The van der Waals surface area contributed by atoms with Gasteiger partial charge in [0.05, 0.1) is 25.3 Å². The van der Waals surface area contributed by atoms with E-state index in [1.165, 1.54) is 19.2 Å². The highest BCUT2D eigenvalue weighted by Gasteiger charge is 2.25. The van der Waals surface area contributed by atoms with Crippen LogP contribution in [0, 0.1) is 5.82 Å². The summed E-state index contributed by atoms with van der Waals surface area (Å²) >= 11 is 0. The fourth-order valence-electron chi connectivity index (χ4n) is 2.72. The summed E-state index contributed by atoms with van der Waals surface area (Å²) in [5.74, 6) is -0.289. The molecule has 1 aliphatic carbocycles. The second kappa shape index (κ2) is 7.45. The lowest BCUT2D eigenvalue weighted by molar-refractivity contribution is 0.0941. The zero-order valence-corrected chi connectivity index (χ0v) is 12.9. The van der Waals surface area contributed by atoms with Crippen molar-refractivity contribution in [3.63, 3.8) is 0 Å². The SMILES string of the molecule is COc1ccc(C(C)NC(=O)NC2CCCCC2O)cc1F. The normalized spacial score (nSPS) is 22.7. The molecule has 1 aromatic rings. The van der Waals surface area contributed by atoms with E-state index in [9.17, 15) is 14.3 Å². The number of ether oxygens (including phenoxy) is 1. The number of hydrogen-bond acceptors (Lipinski definition) is 3. The number of hydrogen-bond donors (Lipinski definition) is 3. The van der Waals surface area contributed by atoms with Crippen LogP contribution in [0.5, 0.6) is 5.75 Å². The maximum Gasteiger partial charge on any atom is 0.315 e. The lowest BCUT2D eigenvalue weighted by atomic mass is 9.93. The van der Waals surface area contributed by atoms with Gasteiger partial charge in [0.1, 0.15) is 0 Å². The van der Waals surface area contributed by atoms with E-state index >= 15 is 0 Å². The first-order chi connectivity index (χ1) is 10.5. The van der Waals surface area contributed by atoms with Crippen molar-refractivity contribution in [2.45, 2.75) is 50.8 Å². The quantitative estimate of drug-likeness (QED) is 0.800. The third-order valence-electron chi connectivity index (χ3n) is 4.07. The number of halogens is 1. The molecule has 0 aliphatic heterocycles. The smallest absolute Gasteiger partial charge is 0.315 e. The monoisotopic (exact) mass is 310 g/mol. The molecule has 1 aromatic carbocycles. The summed E-state index contributed by atoms with van der Waals surface area (Å²) in [6.07, 6.45) is 2.99. The van der Waals surface area contributed by atoms with Crippen LogP contribution in [0.25, 0.3) is 0 Å². The Hall–Kier alpha value is -1.82. The van der Waals surface area contributed by atoms with Crippen molar-refractivity contribution in [2.75, 3.05) is 7.11 Å².